The van der Waals surface area contributed by atoms with Crippen molar-refractivity contribution in [2.45, 2.75) is 33.4 Å². The molecule has 2 N–H and O–H groups in total. The summed E-state index contributed by atoms with van der Waals surface area (Å²) < 4.78 is 1.75. The number of guanidine groups is 1. The Hall–Kier alpha value is -0.900. The van der Waals surface area contributed by atoms with Crippen molar-refractivity contribution in [3.8, 4) is 0 Å². The number of nitrogens with zero attached hydrogens (tertiary/aromatic N) is 5. The third-order valence-electron chi connectivity index (χ3n) is 3.27. The molecular formula is C13H28IN7. The standard InChI is InChI=1S/C13H27N7.HI/c1-6-20(11(2)3)8-7-15-13(14-4)16-9-12-17-10-18-19(12)5;/h10-11H,6-9H2,1-5H3,(H2,14,15,16);1H. The summed E-state index contributed by atoms with van der Waals surface area (Å²) in [5.74, 6) is 1.66. The maximum atomic E-state index is 4.20. The van der Waals surface area contributed by atoms with Gasteiger partial charge in [0.05, 0.1) is 6.54 Å². The molecule has 21 heavy (non-hydrogen) atoms. The van der Waals surface area contributed by atoms with Gasteiger partial charge >= 0.3 is 0 Å². The smallest absolute Gasteiger partial charge is 0.191 e. The third kappa shape index (κ3) is 7.07. The first-order valence-corrected chi connectivity index (χ1v) is 7.09. The van der Waals surface area contributed by atoms with E-state index in [2.05, 4.69) is 51.4 Å². The number of hydrogen-bond acceptors (Lipinski definition) is 4. The highest BCUT2D eigenvalue weighted by Gasteiger charge is 2.07. The lowest BCUT2D eigenvalue weighted by molar-refractivity contribution is 0.237. The number of nitrogens with one attached hydrogen (secondary N) is 2. The van der Waals surface area contributed by atoms with Gasteiger partial charge in [-0.2, -0.15) is 5.10 Å². The zero-order valence-electron chi connectivity index (χ0n) is 13.6. The lowest BCUT2D eigenvalue weighted by atomic mass is 10.3. The van der Waals surface area contributed by atoms with Crippen LogP contribution in [-0.2, 0) is 13.6 Å². The highest BCUT2D eigenvalue weighted by atomic mass is 127. The molecule has 0 spiro atoms. The van der Waals surface area contributed by atoms with Crippen LogP contribution in [0.5, 0.6) is 0 Å². The minimum Gasteiger partial charge on any atom is -0.355 e. The van der Waals surface area contributed by atoms with Gasteiger partial charge < -0.3 is 10.6 Å². The van der Waals surface area contributed by atoms with Crippen LogP contribution in [0.15, 0.2) is 11.3 Å². The van der Waals surface area contributed by atoms with Crippen LogP contribution in [0.1, 0.15) is 26.6 Å². The van der Waals surface area contributed by atoms with Gasteiger partial charge in [0.25, 0.3) is 0 Å². The molecule has 0 fully saturated rings. The van der Waals surface area contributed by atoms with Gasteiger partial charge in [0.15, 0.2) is 5.96 Å². The Kier molecular flexibility index (Phi) is 10.3. The summed E-state index contributed by atoms with van der Waals surface area (Å²) in [6.45, 7) is 10.1. The van der Waals surface area contributed by atoms with Crippen molar-refractivity contribution in [3.05, 3.63) is 12.2 Å². The summed E-state index contributed by atoms with van der Waals surface area (Å²) in [4.78, 5) is 10.8. The lowest BCUT2D eigenvalue weighted by Crippen LogP contribution is -2.43. The van der Waals surface area contributed by atoms with Crippen LogP contribution in [0.25, 0.3) is 0 Å². The molecule has 1 aromatic rings. The summed E-state index contributed by atoms with van der Waals surface area (Å²) in [5, 5.41) is 10.6. The van der Waals surface area contributed by atoms with Gasteiger partial charge in [-0.15, -0.1) is 24.0 Å². The van der Waals surface area contributed by atoms with Crippen molar-refractivity contribution in [2.24, 2.45) is 12.0 Å². The molecule has 7 nitrogen and oxygen atoms in total. The molecule has 0 saturated carbocycles. The maximum absolute atomic E-state index is 4.20. The molecule has 8 heteroatoms. The Balaban J connectivity index is 0.00000400. The molecule has 0 aliphatic carbocycles. The van der Waals surface area contributed by atoms with E-state index in [1.165, 1.54) is 0 Å². The fourth-order valence-corrected chi connectivity index (χ4v) is 1.96. The van der Waals surface area contributed by atoms with E-state index in [1.807, 2.05) is 7.05 Å². The van der Waals surface area contributed by atoms with Gasteiger partial charge in [-0.25, -0.2) is 4.98 Å². The third-order valence-corrected chi connectivity index (χ3v) is 3.27. The van der Waals surface area contributed by atoms with Crippen LogP contribution in [0.3, 0.4) is 0 Å². The Morgan fingerprint density at radius 1 is 1.43 bits per heavy atom. The number of likely N-dealkylation sites (N-methyl/N-ethyl adjacent to an activating group) is 1. The van der Waals surface area contributed by atoms with E-state index in [0.29, 0.717) is 12.6 Å². The van der Waals surface area contributed by atoms with Gasteiger partial charge in [0.2, 0.25) is 0 Å². The summed E-state index contributed by atoms with van der Waals surface area (Å²) in [5.41, 5.74) is 0. The van der Waals surface area contributed by atoms with Crippen LogP contribution in [-0.4, -0.2) is 58.3 Å². The highest BCUT2D eigenvalue weighted by Crippen LogP contribution is 1.95. The van der Waals surface area contributed by atoms with Crippen LogP contribution >= 0.6 is 24.0 Å². The molecule has 0 radical (unpaired) electrons. The van der Waals surface area contributed by atoms with Gasteiger partial charge in [-0.1, -0.05) is 6.92 Å². The van der Waals surface area contributed by atoms with E-state index in [9.17, 15) is 0 Å². The second-order valence-electron chi connectivity index (χ2n) is 4.87. The van der Waals surface area contributed by atoms with Crippen LogP contribution in [0.2, 0.25) is 0 Å². The van der Waals surface area contributed by atoms with Crippen LogP contribution in [0.4, 0.5) is 0 Å². The number of rotatable bonds is 7. The summed E-state index contributed by atoms with van der Waals surface area (Å²) in [6, 6.07) is 0.565. The molecule has 0 unspecified atom stereocenters. The van der Waals surface area contributed by atoms with E-state index in [4.69, 9.17) is 0 Å². The quantitative estimate of drug-likeness (QED) is 0.397. The van der Waals surface area contributed by atoms with Gasteiger partial charge in [0.1, 0.15) is 12.2 Å². The molecule has 0 aliphatic rings. The highest BCUT2D eigenvalue weighted by molar-refractivity contribution is 14.0. The number of aromatic nitrogens is 3. The lowest BCUT2D eigenvalue weighted by Gasteiger charge is -2.25. The average Bonchev–Trinajstić information content (AvgIpc) is 2.83. The molecule has 0 bridgehead atoms. The van der Waals surface area contributed by atoms with Gasteiger partial charge in [-0.3, -0.25) is 14.6 Å². The van der Waals surface area contributed by atoms with Crippen molar-refractivity contribution in [2.75, 3.05) is 26.7 Å². The largest absolute Gasteiger partial charge is 0.355 e. The molecule has 1 aromatic heterocycles. The maximum Gasteiger partial charge on any atom is 0.191 e. The Morgan fingerprint density at radius 3 is 2.62 bits per heavy atom. The second-order valence-corrected chi connectivity index (χ2v) is 4.87. The molecule has 0 aromatic carbocycles. The molecule has 0 saturated heterocycles. The first kappa shape index (κ1) is 20.1. The second kappa shape index (κ2) is 10.8. The molecule has 1 rings (SSSR count). The normalized spacial score (nSPS) is 11.7. The molecule has 122 valence electrons. The zero-order chi connectivity index (χ0) is 15.0. The summed E-state index contributed by atoms with van der Waals surface area (Å²) in [7, 11) is 3.65. The predicted octanol–water partition coefficient (Wildman–Crippen LogP) is 0.828. The summed E-state index contributed by atoms with van der Waals surface area (Å²) >= 11 is 0. The number of aliphatic imine (C=N–C) groups is 1. The average molecular weight is 409 g/mol. The van der Waals surface area contributed by atoms with E-state index in [-0.39, 0.29) is 24.0 Å². The minimum absolute atomic E-state index is 0. The first-order valence-electron chi connectivity index (χ1n) is 7.09. The summed E-state index contributed by atoms with van der Waals surface area (Å²) in [6.07, 6.45) is 1.55. The number of aryl methyl sites for hydroxylation is 1. The fraction of sp³-hybridized carbons (Fsp3) is 0.769. The molecule has 1 heterocycles. The molecule has 0 amide bonds. The van der Waals surface area contributed by atoms with Gasteiger partial charge in [0, 0.05) is 33.2 Å². The fourth-order valence-electron chi connectivity index (χ4n) is 1.96. The SMILES string of the molecule is CCN(CCNC(=NC)NCc1ncnn1C)C(C)C.I. The predicted molar refractivity (Wildman–Crippen MR) is 97.0 cm³/mol. The van der Waals surface area contributed by atoms with Gasteiger partial charge in [-0.05, 0) is 20.4 Å². The monoisotopic (exact) mass is 409 g/mol. The Bertz CT molecular complexity index is 416. The van der Waals surface area contributed by atoms with Crippen LogP contribution < -0.4 is 10.6 Å². The molecule has 0 atom stereocenters. The van der Waals surface area contributed by atoms with E-state index in [1.54, 1.807) is 18.1 Å². The van der Waals surface area contributed by atoms with Crippen molar-refractivity contribution in [1.29, 1.82) is 0 Å². The van der Waals surface area contributed by atoms with Crippen LogP contribution in [0, 0.1) is 0 Å². The molecular weight excluding hydrogens is 381 g/mol. The minimum atomic E-state index is 0. The first-order chi connectivity index (χ1) is 9.58. The topological polar surface area (TPSA) is 70.4 Å². The van der Waals surface area contributed by atoms with E-state index in [0.717, 1.165) is 31.4 Å². The number of hydrogen-bond donors (Lipinski definition) is 2. The van der Waals surface area contributed by atoms with Crippen molar-refractivity contribution >= 4 is 29.9 Å². The van der Waals surface area contributed by atoms with Crippen molar-refractivity contribution < 1.29 is 0 Å². The Morgan fingerprint density at radius 2 is 2.14 bits per heavy atom. The number of halogens is 1. The van der Waals surface area contributed by atoms with E-state index < -0.39 is 0 Å². The van der Waals surface area contributed by atoms with Crippen molar-refractivity contribution in [1.82, 2.24) is 30.3 Å². The Labute approximate surface area is 144 Å². The molecule has 0 aliphatic heterocycles. The zero-order valence-corrected chi connectivity index (χ0v) is 16.0. The van der Waals surface area contributed by atoms with Crippen molar-refractivity contribution in [3.63, 3.8) is 0 Å². The van der Waals surface area contributed by atoms with E-state index >= 15 is 0 Å².